The molecule has 0 aliphatic heterocycles. The average Bonchev–Trinajstić information content (AvgIpc) is 1.76. The Balaban J connectivity index is 0.000000250. The maximum Gasteiger partial charge on any atom is 0 e. The van der Waals surface area contributed by atoms with E-state index >= 15 is 0 Å². The molecule has 0 aliphatic carbocycles. The number of aromatic amines is 1. The van der Waals surface area contributed by atoms with Crippen molar-refractivity contribution in [3.8, 4) is 0 Å². The van der Waals surface area contributed by atoms with Crippen LogP contribution in [0.2, 0.25) is 0 Å². The Labute approximate surface area is 51.6 Å². The van der Waals surface area contributed by atoms with Crippen molar-refractivity contribution in [3.05, 3.63) is 24.5 Å². The normalized spacial score (nSPS) is 6.67. The number of rotatable bonds is 0. The van der Waals surface area contributed by atoms with Gasteiger partial charge < -0.3 is 4.98 Å². The molecule has 1 nitrogen and oxygen atoms in total. The van der Waals surface area contributed by atoms with Crippen LogP contribution in [-0.2, 0) is 21.7 Å². The van der Waals surface area contributed by atoms with Crippen LogP contribution in [0.5, 0.6) is 0 Å². The van der Waals surface area contributed by atoms with Crippen molar-refractivity contribution < 1.29 is 21.7 Å². The first-order chi connectivity index (χ1) is 2.50. The molecule has 1 N–H and O–H groups in total. The van der Waals surface area contributed by atoms with Gasteiger partial charge in [-0.15, -0.1) is 6.20 Å². The topological polar surface area (TPSA) is 15.8 Å². The van der Waals surface area contributed by atoms with Crippen LogP contribution in [0.4, 0.5) is 0 Å². The van der Waals surface area contributed by atoms with Gasteiger partial charge in [-0.05, 0) is 0 Å². The molecule has 2 heteroatoms. The van der Waals surface area contributed by atoms with Gasteiger partial charge in [-0.25, -0.2) is 0 Å². The third-order valence-electron chi connectivity index (χ3n) is 0.442. The Morgan fingerprint density at radius 1 is 1.50 bits per heavy atom. The minimum absolute atomic E-state index is 0. The summed E-state index contributed by atoms with van der Waals surface area (Å²) < 4.78 is 0. The zero-order chi connectivity index (χ0) is 3.54. The maximum atomic E-state index is 2.74. The monoisotopic (exact) mass is 114 g/mol. The van der Waals surface area contributed by atoms with E-state index in [1.807, 2.05) is 18.3 Å². The Morgan fingerprint density at radius 3 is 2.50 bits per heavy atom. The molecule has 0 radical (unpaired) electrons. The van der Waals surface area contributed by atoms with Crippen LogP contribution in [0.1, 0.15) is 0 Å². The summed E-state index contributed by atoms with van der Waals surface area (Å²) in [4.78, 5) is 2.74. The Bertz CT molecular complexity index is 64.0. The second kappa shape index (κ2) is 3.19. The van der Waals surface area contributed by atoms with Crippen LogP contribution in [0, 0.1) is 6.20 Å². The predicted octanol–water partition coefficient (Wildman–Crippen LogP) is 0.812. The van der Waals surface area contributed by atoms with Crippen LogP contribution >= 0.6 is 0 Å². The molecule has 6 heavy (non-hydrogen) atoms. The van der Waals surface area contributed by atoms with Gasteiger partial charge in [0.1, 0.15) is 0 Å². The molecule has 0 atom stereocenters. The van der Waals surface area contributed by atoms with E-state index in [4.69, 9.17) is 0 Å². The fourth-order valence-corrected chi connectivity index (χ4v) is 0.241. The van der Waals surface area contributed by atoms with E-state index < -0.39 is 0 Å². The van der Waals surface area contributed by atoms with E-state index in [2.05, 4.69) is 11.2 Å². The largest absolute Gasteiger partial charge is 0.484 e. The van der Waals surface area contributed by atoms with Crippen molar-refractivity contribution in [2.75, 3.05) is 0 Å². The van der Waals surface area contributed by atoms with Crippen molar-refractivity contribution in [2.45, 2.75) is 0 Å². The van der Waals surface area contributed by atoms with E-state index in [0.29, 0.717) is 0 Å². The van der Waals surface area contributed by atoms with Gasteiger partial charge in [0.2, 0.25) is 0 Å². The molecule has 1 aromatic heterocycles. The van der Waals surface area contributed by atoms with Crippen LogP contribution in [0.3, 0.4) is 0 Å². The molecule has 0 amide bonds. The molecule has 30 valence electrons. The summed E-state index contributed by atoms with van der Waals surface area (Å²) in [6, 6.07) is 3.71. The molecule has 0 saturated carbocycles. The van der Waals surface area contributed by atoms with E-state index in [1.54, 1.807) is 0 Å². The Hall–Kier alpha value is -0.00571. The zero-order valence-electron chi connectivity index (χ0n) is 3.23. The van der Waals surface area contributed by atoms with E-state index in [1.165, 1.54) is 0 Å². The second-order valence-electron chi connectivity index (χ2n) is 0.814. The summed E-state index contributed by atoms with van der Waals surface area (Å²) >= 11 is 0. The third kappa shape index (κ3) is 1.44. The first-order valence-electron chi connectivity index (χ1n) is 1.49. The number of aromatic nitrogens is 1. The van der Waals surface area contributed by atoms with Gasteiger partial charge in [0.25, 0.3) is 0 Å². The number of hydrogen-bond acceptors (Lipinski definition) is 0. The fraction of sp³-hybridized carbons (Fsp3) is 0. The van der Waals surface area contributed by atoms with Crippen molar-refractivity contribution in [1.82, 2.24) is 4.98 Å². The van der Waals surface area contributed by atoms with Gasteiger partial charge in [-0.2, -0.15) is 18.3 Å². The molecule has 0 spiro atoms. The summed E-state index contributed by atoms with van der Waals surface area (Å²) in [5.41, 5.74) is 0. The zero-order valence-corrected chi connectivity index (χ0v) is 4.79. The minimum atomic E-state index is 0. The molecule has 1 heterocycles. The summed E-state index contributed by atoms with van der Waals surface area (Å²) in [5.74, 6) is 0. The van der Waals surface area contributed by atoms with Gasteiger partial charge in [0, 0.05) is 21.7 Å². The molecule has 0 saturated heterocycles. The maximum absolute atomic E-state index is 2.74. The smallest absolute Gasteiger partial charge is 0 e. The summed E-state index contributed by atoms with van der Waals surface area (Å²) in [7, 11) is 0. The standard InChI is InChI=1S/C4H4N.Ti/c1-2-4-5-3-1;/h1-3,5H;/q-1;. The molecule has 1 aromatic rings. The Kier molecular flexibility index (Phi) is 3.19. The van der Waals surface area contributed by atoms with Crippen molar-refractivity contribution in [3.63, 3.8) is 0 Å². The van der Waals surface area contributed by atoms with Crippen LogP contribution in [0.25, 0.3) is 0 Å². The van der Waals surface area contributed by atoms with E-state index in [9.17, 15) is 0 Å². The van der Waals surface area contributed by atoms with Gasteiger partial charge in [-0.1, -0.05) is 0 Å². The number of H-pyrrole nitrogens is 1. The third-order valence-corrected chi connectivity index (χ3v) is 0.442. The first-order valence-corrected chi connectivity index (χ1v) is 1.49. The van der Waals surface area contributed by atoms with Crippen molar-refractivity contribution in [1.29, 1.82) is 0 Å². The first kappa shape index (κ1) is 5.99. The summed E-state index contributed by atoms with van der Waals surface area (Å²) in [5, 5.41) is 0. The average molecular weight is 114 g/mol. The minimum Gasteiger partial charge on any atom is -0.484 e. The van der Waals surface area contributed by atoms with Gasteiger partial charge in [-0.3, -0.25) is 0 Å². The van der Waals surface area contributed by atoms with Crippen LogP contribution < -0.4 is 0 Å². The van der Waals surface area contributed by atoms with Gasteiger partial charge in [0.05, 0.1) is 0 Å². The summed E-state index contributed by atoms with van der Waals surface area (Å²) in [6.45, 7) is 0. The molecule has 0 bridgehead atoms. The molecule has 1 rings (SSSR count). The molecule has 0 aromatic carbocycles. The van der Waals surface area contributed by atoms with Gasteiger partial charge >= 0.3 is 0 Å². The Morgan fingerprint density at radius 2 is 2.33 bits per heavy atom. The SMILES string of the molecule is [Ti].[c-]1ccc[nH]1. The summed E-state index contributed by atoms with van der Waals surface area (Å²) in [6.07, 6.45) is 4.56. The van der Waals surface area contributed by atoms with Crippen molar-refractivity contribution in [2.24, 2.45) is 0 Å². The molecular formula is C4H4NTi-. The number of nitrogens with one attached hydrogen (secondary N) is 1. The quantitative estimate of drug-likeness (QED) is 0.379. The van der Waals surface area contributed by atoms with Crippen LogP contribution in [-0.4, -0.2) is 4.98 Å². The predicted molar refractivity (Wildman–Crippen MR) is 19.6 cm³/mol. The molecule has 0 aliphatic rings. The molecule has 0 fully saturated rings. The van der Waals surface area contributed by atoms with E-state index in [0.717, 1.165) is 0 Å². The fourth-order valence-electron chi connectivity index (χ4n) is 0.241. The van der Waals surface area contributed by atoms with E-state index in [-0.39, 0.29) is 21.7 Å². The van der Waals surface area contributed by atoms with Gasteiger partial charge in [0.15, 0.2) is 0 Å². The molecular weight excluding hydrogens is 110 g/mol. The second-order valence-corrected chi connectivity index (χ2v) is 0.814. The molecule has 0 unspecified atom stereocenters. The van der Waals surface area contributed by atoms with Crippen molar-refractivity contribution >= 4 is 0 Å². The number of hydrogen-bond donors (Lipinski definition) is 1. The van der Waals surface area contributed by atoms with Crippen LogP contribution in [0.15, 0.2) is 18.3 Å².